The van der Waals surface area contributed by atoms with Crippen molar-refractivity contribution in [1.82, 2.24) is 14.7 Å². The molecule has 1 aliphatic heterocycles. The SMILES string of the molecule is OC(Nc1ccccc1)N1CCn2ncc(C3CCCC3)c2C1. The zero-order valence-corrected chi connectivity index (χ0v) is 13.4. The van der Waals surface area contributed by atoms with Gasteiger partial charge in [-0.3, -0.25) is 9.58 Å². The number of benzene rings is 1. The Morgan fingerprint density at radius 1 is 1.13 bits per heavy atom. The molecule has 1 aromatic heterocycles. The zero-order chi connectivity index (χ0) is 15.6. The standard InChI is InChI=1S/C18H24N4O/c23-18(20-15-8-2-1-3-9-15)21-10-11-22-17(13-21)16(12-19-22)14-6-4-5-7-14/h1-3,8-9,12,14,18,20,23H,4-7,10-11,13H2. The third kappa shape index (κ3) is 2.99. The summed E-state index contributed by atoms with van der Waals surface area (Å²) in [7, 11) is 0. The van der Waals surface area contributed by atoms with E-state index in [1.54, 1.807) is 0 Å². The molecule has 0 saturated heterocycles. The van der Waals surface area contributed by atoms with E-state index in [-0.39, 0.29) is 0 Å². The lowest BCUT2D eigenvalue weighted by Crippen LogP contribution is -2.45. The topological polar surface area (TPSA) is 53.3 Å². The van der Waals surface area contributed by atoms with E-state index in [1.807, 2.05) is 30.3 Å². The van der Waals surface area contributed by atoms with Crippen molar-refractivity contribution in [3.8, 4) is 0 Å². The van der Waals surface area contributed by atoms with Gasteiger partial charge in [0.1, 0.15) is 0 Å². The van der Waals surface area contributed by atoms with Crippen LogP contribution < -0.4 is 5.32 Å². The molecule has 122 valence electrons. The number of anilines is 1. The predicted octanol–water partition coefficient (Wildman–Crippen LogP) is 2.74. The van der Waals surface area contributed by atoms with Gasteiger partial charge in [0.15, 0.2) is 6.35 Å². The minimum absolute atomic E-state index is 0.665. The molecule has 1 aliphatic carbocycles. The molecular formula is C18H24N4O. The maximum Gasteiger partial charge on any atom is 0.184 e. The second-order valence-electron chi connectivity index (χ2n) is 6.61. The first-order valence-electron chi connectivity index (χ1n) is 8.59. The molecule has 1 aromatic carbocycles. The lowest BCUT2D eigenvalue weighted by Gasteiger charge is -2.33. The fourth-order valence-electron chi connectivity index (χ4n) is 3.85. The van der Waals surface area contributed by atoms with E-state index >= 15 is 0 Å². The third-order valence-corrected chi connectivity index (χ3v) is 5.14. The number of para-hydroxylation sites is 1. The molecule has 4 rings (SSSR count). The van der Waals surface area contributed by atoms with Gasteiger partial charge in [0.05, 0.1) is 18.4 Å². The van der Waals surface area contributed by atoms with E-state index in [4.69, 9.17) is 0 Å². The van der Waals surface area contributed by atoms with Crippen molar-refractivity contribution in [1.29, 1.82) is 0 Å². The summed E-state index contributed by atoms with van der Waals surface area (Å²) in [6.45, 7) is 2.40. The van der Waals surface area contributed by atoms with Gasteiger partial charge < -0.3 is 10.4 Å². The van der Waals surface area contributed by atoms with Gasteiger partial charge in [-0.1, -0.05) is 31.0 Å². The van der Waals surface area contributed by atoms with Crippen LogP contribution in [0.5, 0.6) is 0 Å². The molecule has 0 amide bonds. The maximum atomic E-state index is 10.5. The number of aromatic nitrogens is 2. The largest absolute Gasteiger partial charge is 0.361 e. The van der Waals surface area contributed by atoms with Gasteiger partial charge in [0.2, 0.25) is 0 Å². The molecule has 2 heterocycles. The minimum Gasteiger partial charge on any atom is -0.361 e. The first-order valence-corrected chi connectivity index (χ1v) is 8.59. The lowest BCUT2D eigenvalue weighted by molar-refractivity contribution is 0.00601. The smallest absolute Gasteiger partial charge is 0.184 e. The summed E-state index contributed by atoms with van der Waals surface area (Å²) >= 11 is 0. The monoisotopic (exact) mass is 312 g/mol. The summed E-state index contributed by atoms with van der Waals surface area (Å²) in [5.41, 5.74) is 3.63. The molecule has 2 aromatic rings. The first-order chi connectivity index (χ1) is 11.3. The van der Waals surface area contributed by atoms with Crippen LogP contribution in [0, 0.1) is 0 Å². The van der Waals surface area contributed by atoms with E-state index in [0.29, 0.717) is 5.92 Å². The second-order valence-corrected chi connectivity index (χ2v) is 6.61. The molecular weight excluding hydrogens is 288 g/mol. The minimum atomic E-state index is -0.669. The maximum absolute atomic E-state index is 10.5. The Morgan fingerprint density at radius 3 is 2.70 bits per heavy atom. The van der Waals surface area contributed by atoms with Crippen LogP contribution in [0.4, 0.5) is 5.69 Å². The van der Waals surface area contributed by atoms with Crippen LogP contribution in [-0.2, 0) is 13.1 Å². The van der Waals surface area contributed by atoms with Gasteiger partial charge >= 0.3 is 0 Å². The summed E-state index contributed by atoms with van der Waals surface area (Å²) in [5, 5.41) is 18.3. The summed E-state index contributed by atoms with van der Waals surface area (Å²) < 4.78 is 2.12. The van der Waals surface area contributed by atoms with Gasteiger partial charge in [-0.25, -0.2) is 0 Å². The average Bonchev–Trinajstić information content (AvgIpc) is 3.24. The molecule has 2 aliphatic rings. The summed E-state index contributed by atoms with van der Waals surface area (Å²) in [5.74, 6) is 0.665. The highest BCUT2D eigenvalue weighted by molar-refractivity contribution is 5.42. The van der Waals surface area contributed by atoms with Crippen LogP contribution in [0.3, 0.4) is 0 Å². The number of hydrogen-bond donors (Lipinski definition) is 2. The first kappa shape index (κ1) is 14.7. The fourth-order valence-corrected chi connectivity index (χ4v) is 3.85. The highest BCUT2D eigenvalue weighted by Crippen LogP contribution is 2.36. The predicted molar refractivity (Wildman–Crippen MR) is 89.9 cm³/mol. The Hall–Kier alpha value is -1.85. The van der Waals surface area contributed by atoms with Crippen LogP contribution >= 0.6 is 0 Å². The van der Waals surface area contributed by atoms with Crippen LogP contribution in [0.15, 0.2) is 36.5 Å². The molecule has 2 N–H and O–H groups in total. The number of rotatable bonds is 4. The summed E-state index contributed by atoms with van der Waals surface area (Å²) in [4.78, 5) is 2.09. The number of fused-ring (bicyclic) bond motifs is 1. The van der Waals surface area contributed by atoms with Crippen LogP contribution in [0.2, 0.25) is 0 Å². The van der Waals surface area contributed by atoms with E-state index in [1.165, 1.54) is 36.9 Å². The van der Waals surface area contributed by atoms with Gasteiger partial charge in [0.25, 0.3) is 0 Å². The van der Waals surface area contributed by atoms with Gasteiger partial charge in [-0.2, -0.15) is 5.10 Å². The number of nitrogens with one attached hydrogen (secondary N) is 1. The van der Waals surface area contributed by atoms with Crippen molar-refractivity contribution >= 4 is 5.69 Å². The number of aliphatic hydroxyl groups is 1. The summed E-state index contributed by atoms with van der Waals surface area (Å²) in [6.07, 6.45) is 6.62. The molecule has 0 bridgehead atoms. The molecule has 5 heteroatoms. The molecule has 23 heavy (non-hydrogen) atoms. The van der Waals surface area contributed by atoms with Crippen LogP contribution in [0.25, 0.3) is 0 Å². The number of nitrogens with zero attached hydrogens (tertiary/aromatic N) is 3. The van der Waals surface area contributed by atoms with E-state index in [0.717, 1.165) is 25.3 Å². The Morgan fingerprint density at radius 2 is 1.91 bits per heavy atom. The van der Waals surface area contributed by atoms with Crippen molar-refractivity contribution in [3.05, 3.63) is 47.8 Å². The van der Waals surface area contributed by atoms with E-state index in [9.17, 15) is 5.11 Å². The lowest BCUT2D eigenvalue weighted by atomic mass is 9.97. The van der Waals surface area contributed by atoms with E-state index < -0.39 is 6.35 Å². The highest BCUT2D eigenvalue weighted by Gasteiger charge is 2.28. The third-order valence-electron chi connectivity index (χ3n) is 5.14. The van der Waals surface area contributed by atoms with Gasteiger partial charge in [-0.05, 0) is 36.5 Å². The van der Waals surface area contributed by atoms with Gasteiger partial charge in [0, 0.05) is 18.8 Å². The Labute approximate surface area is 136 Å². The van der Waals surface area contributed by atoms with Crippen molar-refractivity contribution in [2.24, 2.45) is 0 Å². The van der Waals surface area contributed by atoms with Crippen molar-refractivity contribution in [2.75, 3.05) is 11.9 Å². The average molecular weight is 312 g/mol. The Bertz CT molecular complexity index is 648. The molecule has 1 unspecified atom stereocenters. The molecule has 5 nitrogen and oxygen atoms in total. The zero-order valence-electron chi connectivity index (χ0n) is 13.4. The van der Waals surface area contributed by atoms with Crippen molar-refractivity contribution < 1.29 is 5.11 Å². The number of aliphatic hydroxyl groups excluding tert-OH is 1. The Kier molecular flexibility index (Phi) is 4.06. The molecule has 1 saturated carbocycles. The molecule has 0 spiro atoms. The normalized spacial score (nSPS) is 20.4. The van der Waals surface area contributed by atoms with Crippen molar-refractivity contribution in [2.45, 2.75) is 51.0 Å². The van der Waals surface area contributed by atoms with Crippen LogP contribution in [0.1, 0.15) is 42.9 Å². The Balaban J connectivity index is 1.48. The van der Waals surface area contributed by atoms with Crippen LogP contribution in [-0.4, -0.2) is 32.7 Å². The van der Waals surface area contributed by atoms with Gasteiger partial charge in [-0.15, -0.1) is 0 Å². The summed E-state index contributed by atoms with van der Waals surface area (Å²) in [6, 6.07) is 9.87. The molecule has 1 atom stereocenters. The molecule has 0 radical (unpaired) electrons. The van der Waals surface area contributed by atoms with E-state index in [2.05, 4.69) is 26.2 Å². The highest BCUT2D eigenvalue weighted by atomic mass is 16.3. The fraction of sp³-hybridized carbons (Fsp3) is 0.500. The molecule has 1 fully saturated rings. The quantitative estimate of drug-likeness (QED) is 0.853. The number of hydrogen-bond acceptors (Lipinski definition) is 4. The second kappa shape index (κ2) is 6.34. The van der Waals surface area contributed by atoms with Crippen molar-refractivity contribution in [3.63, 3.8) is 0 Å².